The molecule has 8 atom stereocenters. The lowest BCUT2D eigenvalue weighted by molar-refractivity contribution is -0.224. The fourth-order valence-electron chi connectivity index (χ4n) is 8.09. The summed E-state index contributed by atoms with van der Waals surface area (Å²) in [6.07, 6.45) is 10.2. The average Bonchev–Trinajstić information content (AvgIpc) is 2.92. The molecule has 4 fully saturated rings. The van der Waals surface area contributed by atoms with E-state index in [2.05, 4.69) is 23.9 Å². The van der Waals surface area contributed by atoms with Crippen LogP contribution in [0.25, 0.3) is 0 Å². The standard InChI is InChI=1S/C25H44N2O4/c1-22-10-8-19(28)16-18(22)6-7-21-20(22)9-11-23(2)24(29,12-13-25(21,23)30)17-26-31-15-5-14-27(3)4/h17-21,28-30H,5-16H2,1-4H3/b26-17+/t18-,19+,20+,21-,22+,23-,24+,25+/m1/s1. The number of fused-ring (bicyclic) bond motifs is 5. The second kappa shape index (κ2) is 8.27. The molecule has 0 bridgehead atoms. The average molecular weight is 437 g/mol. The third-order valence-corrected chi connectivity index (χ3v) is 10.2. The van der Waals surface area contributed by atoms with Crippen LogP contribution < -0.4 is 0 Å². The van der Waals surface area contributed by atoms with Crippen molar-refractivity contribution < 1.29 is 20.2 Å². The number of aliphatic hydroxyl groups is 3. The van der Waals surface area contributed by atoms with Gasteiger partial charge >= 0.3 is 0 Å². The van der Waals surface area contributed by atoms with Crippen molar-refractivity contribution in [2.24, 2.45) is 33.7 Å². The van der Waals surface area contributed by atoms with Gasteiger partial charge in [0.15, 0.2) is 0 Å². The van der Waals surface area contributed by atoms with Crippen molar-refractivity contribution in [1.29, 1.82) is 0 Å². The molecule has 0 radical (unpaired) electrons. The molecule has 4 saturated carbocycles. The molecular weight excluding hydrogens is 392 g/mol. The van der Waals surface area contributed by atoms with Crippen molar-refractivity contribution in [1.82, 2.24) is 4.90 Å². The minimum atomic E-state index is -1.13. The molecule has 31 heavy (non-hydrogen) atoms. The Morgan fingerprint density at radius 2 is 1.77 bits per heavy atom. The highest BCUT2D eigenvalue weighted by Gasteiger charge is 2.71. The van der Waals surface area contributed by atoms with Gasteiger partial charge in [-0.2, -0.15) is 0 Å². The normalized spacial score (nSPS) is 49.7. The van der Waals surface area contributed by atoms with E-state index in [9.17, 15) is 15.3 Å². The molecule has 178 valence electrons. The number of hydrogen-bond acceptors (Lipinski definition) is 6. The van der Waals surface area contributed by atoms with Gasteiger partial charge in [-0.3, -0.25) is 0 Å². The van der Waals surface area contributed by atoms with E-state index in [0.717, 1.165) is 57.9 Å². The van der Waals surface area contributed by atoms with Crippen LogP contribution in [0.1, 0.15) is 78.1 Å². The molecule has 3 N–H and O–H groups in total. The van der Waals surface area contributed by atoms with E-state index in [-0.39, 0.29) is 17.4 Å². The fourth-order valence-corrected chi connectivity index (χ4v) is 8.09. The largest absolute Gasteiger partial charge is 0.396 e. The lowest BCUT2D eigenvalue weighted by Gasteiger charge is -2.64. The van der Waals surface area contributed by atoms with Gasteiger partial charge in [0.25, 0.3) is 0 Å². The Labute approximate surface area is 188 Å². The second-order valence-electron chi connectivity index (χ2n) is 11.9. The van der Waals surface area contributed by atoms with Gasteiger partial charge in [0.05, 0.1) is 17.9 Å². The zero-order valence-corrected chi connectivity index (χ0v) is 20.0. The summed E-state index contributed by atoms with van der Waals surface area (Å²) in [6, 6.07) is 0. The molecule has 0 saturated heterocycles. The Balaban J connectivity index is 1.49. The molecule has 4 aliphatic rings. The number of nitrogens with zero attached hydrogens (tertiary/aromatic N) is 2. The van der Waals surface area contributed by atoms with E-state index >= 15 is 0 Å². The third-order valence-electron chi connectivity index (χ3n) is 10.2. The number of hydrogen-bond donors (Lipinski definition) is 3. The molecule has 0 aromatic heterocycles. The minimum Gasteiger partial charge on any atom is -0.396 e. The van der Waals surface area contributed by atoms with Crippen LogP contribution in [0.2, 0.25) is 0 Å². The van der Waals surface area contributed by atoms with Crippen LogP contribution in [-0.2, 0) is 4.84 Å². The van der Waals surface area contributed by atoms with Gasteiger partial charge in [-0.15, -0.1) is 0 Å². The summed E-state index contributed by atoms with van der Waals surface area (Å²) in [5.41, 5.74) is -2.40. The Kier molecular flexibility index (Phi) is 6.26. The van der Waals surface area contributed by atoms with Gasteiger partial charge in [0.2, 0.25) is 0 Å². The molecular formula is C25H44N2O4. The molecule has 6 nitrogen and oxygen atoms in total. The minimum absolute atomic E-state index is 0.155. The maximum atomic E-state index is 12.1. The van der Waals surface area contributed by atoms with Gasteiger partial charge in [-0.25, -0.2) is 0 Å². The Morgan fingerprint density at radius 3 is 2.52 bits per heavy atom. The topological polar surface area (TPSA) is 85.5 Å². The molecule has 4 aliphatic carbocycles. The molecule has 0 aromatic rings. The lowest BCUT2D eigenvalue weighted by atomic mass is 9.43. The monoisotopic (exact) mass is 436 g/mol. The molecule has 0 heterocycles. The molecule has 0 spiro atoms. The van der Waals surface area contributed by atoms with Gasteiger partial charge < -0.3 is 25.1 Å². The number of aliphatic hydroxyl groups excluding tert-OH is 1. The van der Waals surface area contributed by atoms with Crippen LogP contribution >= 0.6 is 0 Å². The Hall–Kier alpha value is -0.690. The van der Waals surface area contributed by atoms with Crippen molar-refractivity contribution in [3.8, 4) is 0 Å². The van der Waals surface area contributed by atoms with Crippen molar-refractivity contribution in [2.75, 3.05) is 27.2 Å². The number of rotatable bonds is 6. The molecule has 4 rings (SSSR count). The van der Waals surface area contributed by atoms with Crippen LogP contribution in [-0.4, -0.2) is 71.0 Å². The highest BCUT2D eigenvalue weighted by atomic mass is 16.6. The molecule has 0 amide bonds. The Morgan fingerprint density at radius 1 is 1.00 bits per heavy atom. The van der Waals surface area contributed by atoms with Gasteiger partial charge in [0.1, 0.15) is 12.2 Å². The maximum absolute atomic E-state index is 12.1. The van der Waals surface area contributed by atoms with Crippen LogP contribution in [0, 0.1) is 28.6 Å². The van der Waals surface area contributed by atoms with E-state index in [1.807, 2.05) is 14.1 Å². The third kappa shape index (κ3) is 3.66. The first-order valence-corrected chi connectivity index (χ1v) is 12.5. The molecule has 0 aromatic carbocycles. The van der Waals surface area contributed by atoms with Crippen LogP contribution in [0.5, 0.6) is 0 Å². The van der Waals surface area contributed by atoms with Crippen LogP contribution in [0.15, 0.2) is 5.16 Å². The van der Waals surface area contributed by atoms with Crippen molar-refractivity contribution in [2.45, 2.75) is 95.4 Å². The number of oxime groups is 1. The van der Waals surface area contributed by atoms with E-state index in [1.165, 1.54) is 0 Å². The summed E-state index contributed by atoms with van der Waals surface area (Å²) in [4.78, 5) is 7.56. The van der Waals surface area contributed by atoms with E-state index in [1.54, 1.807) is 6.21 Å². The lowest BCUT2D eigenvalue weighted by Crippen LogP contribution is -2.65. The van der Waals surface area contributed by atoms with E-state index < -0.39 is 16.6 Å². The summed E-state index contributed by atoms with van der Waals surface area (Å²) >= 11 is 0. The van der Waals surface area contributed by atoms with Crippen molar-refractivity contribution >= 4 is 6.21 Å². The first-order valence-electron chi connectivity index (χ1n) is 12.5. The highest BCUT2D eigenvalue weighted by molar-refractivity contribution is 5.71. The zero-order chi connectivity index (χ0) is 22.5. The predicted octanol–water partition coefficient (Wildman–Crippen LogP) is 3.19. The molecule has 0 unspecified atom stereocenters. The van der Waals surface area contributed by atoms with E-state index in [4.69, 9.17) is 4.84 Å². The van der Waals surface area contributed by atoms with Crippen molar-refractivity contribution in [3.63, 3.8) is 0 Å². The SMILES string of the molecule is CN(C)CCCO/N=C/[C@@]1(O)CC[C@]2(O)[C@@H]3CC[C@@H]4C[C@@H](O)CC[C@]4(C)[C@H]3CC[C@]12C. The fraction of sp³-hybridized carbons (Fsp3) is 0.960. The molecule has 0 aliphatic heterocycles. The summed E-state index contributed by atoms with van der Waals surface area (Å²) in [7, 11) is 4.07. The Bertz CT molecular complexity index is 686. The first-order chi connectivity index (χ1) is 14.6. The first kappa shape index (κ1) is 23.5. The van der Waals surface area contributed by atoms with Crippen LogP contribution in [0.4, 0.5) is 0 Å². The van der Waals surface area contributed by atoms with Gasteiger partial charge in [-0.1, -0.05) is 19.0 Å². The van der Waals surface area contributed by atoms with Gasteiger partial charge in [-0.05, 0) is 101 Å². The van der Waals surface area contributed by atoms with Crippen LogP contribution in [0.3, 0.4) is 0 Å². The quantitative estimate of drug-likeness (QED) is 0.338. The maximum Gasteiger partial charge on any atom is 0.118 e. The predicted molar refractivity (Wildman–Crippen MR) is 122 cm³/mol. The zero-order valence-electron chi connectivity index (χ0n) is 20.0. The molecule has 6 heteroatoms. The summed E-state index contributed by atoms with van der Waals surface area (Å²) in [6.45, 7) is 5.96. The summed E-state index contributed by atoms with van der Waals surface area (Å²) in [5.74, 6) is 1.24. The second-order valence-corrected chi connectivity index (χ2v) is 11.9. The summed E-state index contributed by atoms with van der Waals surface area (Å²) in [5, 5.41) is 38.2. The van der Waals surface area contributed by atoms with Gasteiger partial charge in [0, 0.05) is 12.0 Å². The smallest absolute Gasteiger partial charge is 0.118 e. The van der Waals surface area contributed by atoms with Crippen molar-refractivity contribution in [3.05, 3.63) is 0 Å². The highest BCUT2D eigenvalue weighted by Crippen LogP contribution is 2.69. The van der Waals surface area contributed by atoms with E-state index in [0.29, 0.717) is 31.3 Å². The summed E-state index contributed by atoms with van der Waals surface area (Å²) < 4.78 is 0.